The van der Waals surface area contributed by atoms with Gasteiger partial charge in [0.2, 0.25) is 5.82 Å². The van der Waals surface area contributed by atoms with E-state index in [1.54, 1.807) is 28.6 Å². The van der Waals surface area contributed by atoms with Gasteiger partial charge in [0, 0.05) is 24.6 Å². The van der Waals surface area contributed by atoms with Crippen LogP contribution in [0, 0.1) is 12.7 Å². The first kappa shape index (κ1) is 14.1. The molecular formula is C14H15FN4OS. The van der Waals surface area contributed by atoms with E-state index in [1.807, 2.05) is 11.8 Å². The third-order valence-corrected chi connectivity index (χ3v) is 4.27. The molecule has 0 bridgehead atoms. The summed E-state index contributed by atoms with van der Waals surface area (Å²) in [6.45, 7) is 3.24. The maximum absolute atomic E-state index is 13.0. The molecule has 1 saturated heterocycles. The number of rotatable bonds is 2. The predicted molar refractivity (Wildman–Crippen MR) is 79.3 cm³/mol. The average Bonchev–Trinajstić information content (AvgIpc) is 2.90. The maximum Gasteiger partial charge on any atom is 0.293 e. The fourth-order valence-corrected chi connectivity index (χ4v) is 3.12. The zero-order chi connectivity index (χ0) is 14.8. The molecule has 1 aliphatic heterocycles. The Morgan fingerprint density at radius 3 is 2.57 bits per heavy atom. The van der Waals surface area contributed by atoms with Gasteiger partial charge in [-0.15, -0.1) is 5.10 Å². The van der Waals surface area contributed by atoms with Crippen molar-refractivity contribution in [1.82, 2.24) is 19.7 Å². The van der Waals surface area contributed by atoms with E-state index in [1.165, 1.54) is 12.1 Å². The minimum absolute atomic E-state index is 0.140. The summed E-state index contributed by atoms with van der Waals surface area (Å²) >= 11 is 1.84. The van der Waals surface area contributed by atoms with Crippen LogP contribution in [0.4, 0.5) is 4.39 Å². The molecule has 2 heterocycles. The lowest BCUT2D eigenvalue weighted by Gasteiger charge is -2.24. The zero-order valence-electron chi connectivity index (χ0n) is 11.6. The summed E-state index contributed by atoms with van der Waals surface area (Å²) in [5.41, 5.74) is 0.689. The second-order valence-electron chi connectivity index (χ2n) is 4.78. The Balaban J connectivity index is 1.86. The van der Waals surface area contributed by atoms with E-state index < -0.39 is 0 Å². The average molecular weight is 306 g/mol. The van der Waals surface area contributed by atoms with Gasteiger partial charge in [-0.1, -0.05) is 0 Å². The molecule has 7 heteroatoms. The van der Waals surface area contributed by atoms with Crippen LogP contribution in [0.2, 0.25) is 0 Å². The van der Waals surface area contributed by atoms with E-state index in [9.17, 15) is 9.18 Å². The molecule has 5 nitrogen and oxygen atoms in total. The SMILES string of the molecule is Cc1nc(C(=O)N2CCSCC2)nn1-c1ccc(F)cc1. The van der Waals surface area contributed by atoms with E-state index in [0.29, 0.717) is 11.5 Å². The van der Waals surface area contributed by atoms with Crippen molar-refractivity contribution < 1.29 is 9.18 Å². The Morgan fingerprint density at radius 2 is 1.90 bits per heavy atom. The molecule has 2 aromatic rings. The van der Waals surface area contributed by atoms with Gasteiger partial charge in [0.05, 0.1) is 5.69 Å². The van der Waals surface area contributed by atoms with Crippen molar-refractivity contribution in [3.63, 3.8) is 0 Å². The highest BCUT2D eigenvalue weighted by Crippen LogP contribution is 2.14. The van der Waals surface area contributed by atoms with Crippen LogP contribution in [0.25, 0.3) is 5.69 Å². The maximum atomic E-state index is 13.0. The number of hydrogen-bond acceptors (Lipinski definition) is 4. The summed E-state index contributed by atoms with van der Waals surface area (Å²) in [6, 6.07) is 5.95. The monoisotopic (exact) mass is 306 g/mol. The lowest BCUT2D eigenvalue weighted by atomic mass is 10.3. The first-order valence-electron chi connectivity index (χ1n) is 6.72. The summed E-state index contributed by atoms with van der Waals surface area (Å²) in [5, 5.41) is 4.27. The molecule has 0 aliphatic carbocycles. The van der Waals surface area contributed by atoms with Crippen LogP contribution in [0.1, 0.15) is 16.4 Å². The van der Waals surface area contributed by atoms with Gasteiger partial charge in [-0.05, 0) is 31.2 Å². The molecular weight excluding hydrogens is 291 g/mol. The van der Waals surface area contributed by atoms with E-state index >= 15 is 0 Å². The molecule has 1 aromatic heterocycles. The zero-order valence-corrected chi connectivity index (χ0v) is 12.4. The summed E-state index contributed by atoms with van der Waals surface area (Å²) < 4.78 is 14.5. The van der Waals surface area contributed by atoms with Crippen LogP contribution in [0.3, 0.4) is 0 Å². The highest BCUT2D eigenvalue weighted by molar-refractivity contribution is 7.99. The second kappa shape index (κ2) is 5.85. The van der Waals surface area contributed by atoms with Crippen molar-refractivity contribution in [3.8, 4) is 5.69 Å². The summed E-state index contributed by atoms with van der Waals surface area (Å²) in [4.78, 5) is 18.4. The van der Waals surface area contributed by atoms with E-state index in [-0.39, 0.29) is 17.5 Å². The molecule has 110 valence electrons. The van der Waals surface area contributed by atoms with Gasteiger partial charge in [-0.3, -0.25) is 4.79 Å². The second-order valence-corrected chi connectivity index (χ2v) is 6.00. The lowest BCUT2D eigenvalue weighted by molar-refractivity contribution is 0.0760. The number of halogens is 1. The van der Waals surface area contributed by atoms with Crippen molar-refractivity contribution in [2.75, 3.05) is 24.6 Å². The Morgan fingerprint density at radius 1 is 1.24 bits per heavy atom. The van der Waals surface area contributed by atoms with E-state index in [4.69, 9.17) is 0 Å². The number of nitrogens with zero attached hydrogens (tertiary/aromatic N) is 4. The smallest absolute Gasteiger partial charge is 0.293 e. The Labute approximate surface area is 126 Å². The topological polar surface area (TPSA) is 51.0 Å². The third-order valence-electron chi connectivity index (χ3n) is 3.33. The minimum Gasteiger partial charge on any atom is -0.334 e. The van der Waals surface area contributed by atoms with Gasteiger partial charge in [-0.25, -0.2) is 14.1 Å². The van der Waals surface area contributed by atoms with Crippen molar-refractivity contribution in [2.45, 2.75) is 6.92 Å². The van der Waals surface area contributed by atoms with Crippen molar-refractivity contribution in [3.05, 3.63) is 41.7 Å². The van der Waals surface area contributed by atoms with Gasteiger partial charge >= 0.3 is 0 Å². The predicted octanol–water partition coefficient (Wildman–Crippen LogP) is 1.90. The molecule has 1 fully saturated rings. The molecule has 3 rings (SSSR count). The van der Waals surface area contributed by atoms with Crippen molar-refractivity contribution in [1.29, 1.82) is 0 Å². The lowest BCUT2D eigenvalue weighted by Crippen LogP contribution is -2.38. The summed E-state index contributed by atoms with van der Waals surface area (Å²) in [5.74, 6) is 2.25. The highest BCUT2D eigenvalue weighted by Gasteiger charge is 2.23. The Bertz CT molecular complexity index is 649. The molecule has 1 aromatic carbocycles. The number of aryl methyl sites for hydroxylation is 1. The first-order valence-corrected chi connectivity index (χ1v) is 7.87. The standard InChI is InChI=1S/C14H15FN4OS/c1-10-16-13(14(20)18-6-8-21-9-7-18)17-19(10)12-4-2-11(15)3-5-12/h2-5H,6-9H2,1H3. The Hall–Kier alpha value is -1.89. The highest BCUT2D eigenvalue weighted by atomic mass is 32.2. The summed E-state index contributed by atoms with van der Waals surface area (Å²) in [6.07, 6.45) is 0. The van der Waals surface area contributed by atoms with Gasteiger partial charge in [-0.2, -0.15) is 11.8 Å². The molecule has 21 heavy (non-hydrogen) atoms. The largest absolute Gasteiger partial charge is 0.334 e. The fraction of sp³-hybridized carbons (Fsp3) is 0.357. The molecule has 0 N–H and O–H groups in total. The fourth-order valence-electron chi connectivity index (χ4n) is 2.22. The Kier molecular flexibility index (Phi) is 3.92. The normalized spacial score (nSPS) is 15.2. The van der Waals surface area contributed by atoms with Crippen molar-refractivity contribution >= 4 is 17.7 Å². The minimum atomic E-state index is -0.307. The molecule has 1 amide bonds. The van der Waals surface area contributed by atoms with Gasteiger partial charge in [0.1, 0.15) is 11.6 Å². The van der Waals surface area contributed by atoms with Crippen LogP contribution < -0.4 is 0 Å². The molecule has 0 atom stereocenters. The van der Waals surface area contributed by atoms with Crippen LogP contribution in [0.5, 0.6) is 0 Å². The third kappa shape index (κ3) is 2.92. The number of carbonyl (C=O) groups is 1. The first-order chi connectivity index (χ1) is 10.1. The number of amides is 1. The number of carbonyl (C=O) groups excluding carboxylic acids is 1. The molecule has 1 aliphatic rings. The van der Waals surface area contributed by atoms with Gasteiger partial charge in [0.15, 0.2) is 0 Å². The van der Waals surface area contributed by atoms with Gasteiger partial charge < -0.3 is 4.90 Å². The molecule has 0 spiro atoms. The number of hydrogen-bond donors (Lipinski definition) is 0. The number of benzene rings is 1. The van der Waals surface area contributed by atoms with Crippen LogP contribution in [0.15, 0.2) is 24.3 Å². The van der Waals surface area contributed by atoms with Crippen LogP contribution in [-0.2, 0) is 0 Å². The van der Waals surface area contributed by atoms with Crippen LogP contribution >= 0.6 is 11.8 Å². The number of thioether (sulfide) groups is 1. The van der Waals surface area contributed by atoms with Gasteiger partial charge in [0.25, 0.3) is 5.91 Å². The molecule has 0 saturated carbocycles. The number of aromatic nitrogens is 3. The van der Waals surface area contributed by atoms with Crippen LogP contribution in [-0.4, -0.2) is 50.2 Å². The van der Waals surface area contributed by atoms with E-state index in [0.717, 1.165) is 24.6 Å². The summed E-state index contributed by atoms with van der Waals surface area (Å²) in [7, 11) is 0. The van der Waals surface area contributed by atoms with E-state index in [2.05, 4.69) is 10.1 Å². The van der Waals surface area contributed by atoms with Crippen molar-refractivity contribution in [2.24, 2.45) is 0 Å². The molecule has 0 radical (unpaired) electrons. The molecule has 0 unspecified atom stereocenters. The quantitative estimate of drug-likeness (QED) is 0.850.